The molecule has 1 aromatic carbocycles. The maximum Gasteiger partial charge on any atom is 0.127 e. The number of rotatable bonds is 6. The number of phenols is 1. The van der Waals surface area contributed by atoms with E-state index in [1.807, 2.05) is 13.1 Å². The fourth-order valence-electron chi connectivity index (χ4n) is 5.09. The van der Waals surface area contributed by atoms with Gasteiger partial charge >= 0.3 is 0 Å². The molecule has 0 aromatic heterocycles. The number of aryl methyl sites for hydroxylation is 1. The summed E-state index contributed by atoms with van der Waals surface area (Å²) in [5.41, 5.74) is 2.13. The molecular weight excluding hydrogens is 310 g/mol. The van der Waals surface area contributed by atoms with Crippen LogP contribution >= 0.6 is 0 Å². The van der Waals surface area contributed by atoms with E-state index in [-0.39, 0.29) is 5.60 Å². The number of hydrogen-bond acceptors (Lipinski definition) is 3. The van der Waals surface area contributed by atoms with Crippen LogP contribution in [0.2, 0.25) is 0 Å². The molecular formula is C22H35NO2. The monoisotopic (exact) mass is 345 g/mol. The highest BCUT2D eigenvalue weighted by atomic mass is 16.5. The number of ether oxygens (including phenoxy) is 1. The lowest BCUT2D eigenvalue weighted by Crippen LogP contribution is -2.47. The second-order valence-electron chi connectivity index (χ2n) is 8.64. The van der Waals surface area contributed by atoms with Crippen LogP contribution in [0.4, 0.5) is 0 Å². The SMILES string of the molecule is CCCCCc1cc(O)c2c(c1)OC(C)(C)[C@@H]1CC[C@H](CNC)CC21. The van der Waals surface area contributed by atoms with Gasteiger partial charge in [-0.1, -0.05) is 19.8 Å². The first kappa shape index (κ1) is 18.6. The van der Waals surface area contributed by atoms with Crippen LogP contribution in [0, 0.1) is 11.8 Å². The molecule has 2 N–H and O–H groups in total. The molecule has 3 nitrogen and oxygen atoms in total. The molecule has 1 fully saturated rings. The van der Waals surface area contributed by atoms with Crippen LogP contribution in [-0.2, 0) is 6.42 Å². The molecule has 1 aliphatic heterocycles. The Hall–Kier alpha value is -1.22. The molecule has 1 saturated carbocycles. The number of phenolic OH excluding ortho intramolecular Hbond substituents is 1. The molecule has 0 amide bonds. The zero-order chi connectivity index (χ0) is 18.0. The molecule has 3 atom stereocenters. The Morgan fingerprint density at radius 1 is 1.24 bits per heavy atom. The highest BCUT2D eigenvalue weighted by Gasteiger charge is 2.47. The van der Waals surface area contributed by atoms with E-state index in [1.165, 1.54) is 37.7 Å². The molecule has 1 heterocycles. The van der Waals surface area contributed by atoms with Crippen LogP contribution in [0.5, 0.6) is 11.5 Å². The third kappa shape index (κ3) is 3.81. The smallest absolute Gasteiger partial charge is 0.127 e. The Kier molecular flexibility index (Phi) is 5.62. The maximum absolute atomic E-state index is 10.8. The van der Waals surface area contributed by atoms with E-state index in [0.29, 0.717) is 23.5 Å². The lowest BCUT2D eigenvalue weighted by atomic mass is 9.64. The van der Waals surface area contributed by atoms with E-state index in [2.05, 4.69) is 32.2 Å². The van der Waals surface area contributed by atoms with E-state index in [4.69, 9.17) is 4.74 Å². The minimum Gasteiger partial charge on any atom is -0.508 e. The lowest BCUT2D eigenvalue weighted by molar-refractivity contribution is -0.0158. The van der Waals surface area contributed by atoms with E-state index in [0.717, 1.165) is 30.7 Å². The van der Waals surface area contributed by atoms with Crippen molar-refractivity contribution in [1.82, 2.24) is 5.32 Å². The summed E-state index contributed by atoms with van der Waals surface area (Å²) in [5.74, 6) is 2.99. The minimum atomic E-state index is -0.156. The van der Waals surface area contributed by atoms with Crippen molar-refractivity contribution < 1.29 is 9.84 Å². The molecule has 3 rings (SSSR count). The van der Waals surface area contributed by atoms with Crippen molar-refractivity contribution in [3.63, 3.8) is 0 Å². The maximum atomic E-state index is 10.8. The highest BCUT2D eigenvalue weighted by Crippen LogP contribution is 2.55. The summed E-state index contributed by atoms with van der Waals surface area (Å²) in [7, 11) is 2.04. The number of aromatic hydroxyl groups is 1. The zero-order valence-electron chi connectivity index (χ0n) is 16.4. The largest absolute Gasteiger partial charge is 0.508 e. The third-order valence-electron chi connectivity index (χ3n) is 6.34. The second kappa shape index (κ2) is 7.57. The molecule has 1 unspecified atom stereocenters. The Morgan fingerprint density at radius 2 is 2.04 bits per heavy atom. The molecule has 25 heavy (non-hydrogen) atoms. The first-order valence-corrected chi connectivity index (χ1v) is 10.2. The predicted molar refractivity (Wildman–Crippen MR) is 104 cm³/mol. The van der Waals surface area contributed by atoms with Crippen molar-refractivity contribution in [2.24, 2.45) is 11.8 Å². The fourth-order valence-corrected chi connectivity index (χ4v) is 5.09. The summed E-state index contributed by atoms with van der Waals surface area (Å²) in [4.78, 5) is 0. The van der Waals surface area contributed by atoms with E-state index >= 15 is 0 Å². The average Bonchev–Trinajstić information content (AvgIpc) is 2.54. The quantitative estimate of drug-likeness (QED) is 0.712. The van der Waals surface area contributed by atoms with Crippen molar-refractivity contribution in [3.8, 4) is 11.5 Å². The van der Waals surface area contributed by atoms with Gasteiger partial charge in [0.05, 0.1) is 0 Å². The summed E-state index contributed by atoms with van der Waals surface area (Å²) < 4.78 is 6.44. The van der Waals surface area contributed by atoms with Gasteiger partial charge in [-0.3, -0.25) is 0 Å². The van der Waals surface area contributed by atoms with Crippen LogP contribution in [0.3, 0.4) is 0 Å². The Balaban J connectivity index is 1.90. The van der Waals surface area contributed by atoms with Gasteiger partial charge in [-0.15, -0.1) is 0 Å². The molecule has 3 heteroatoms. The molecule has 0 spiro atoms. The molecule has 2 aliphatic rings. The van der Waals surface area contributed by atoms with Gasteiger partial charge in [-0.05, 0) is 89.1 Å². The van der Waals surface area contributed by atoms with Crippen molar-refractivity contribution >= 4 is 0 Å². The van der Waals surface area contributed by atoms with E-state index in [9.17, 15) is 5.11 Å². The average molecular weight is 346 g/mol. The van der Waals surface area contributed by atoms with Crippen LogP contribution in [0.25, 0.3) is 0 Å². The third-order valence-corrected chi connectivity index (χ3v) is 6.34. The van der Waals surface area contributed by atoms with Gasteiger partial charge in [-0.25, -0.2) is 0 Å². The van der Waals surface area contributed by atoms with Gasteiger partial charge in [0.2, 0.25) is 0 Å². The minimum absolute atomic E-state index is 0.156. The van der Waals surface area contributed by atoms with Crippen LogP contribution in [0.15, 0.2) is 12.1 Å². The molecule has 0 bridgehead atoms. The topological polar surface area (TPSA) is 41.5 Å². The molecule has 0 radical (unpaired) electrons. The van der Waals surface area contributed by atoms with Crippen LogP contribution in [-0.4, -0.2) is 24.3 Å². The van der Waals surface area contributed by atoms with Crippen LogP contribution in [0.1, 0.15) is 76.3 Å². The van der Waals surface area contributed by atoms with Gasteiger partial charge in [-0.2, -0.15) is 0 Å². The molecule has 0 saturated heterocycles. The molecule has 1 aliphatic carbocycles. The Labute approximate surface area is 153 Å². The summed E-state index contributed by atoms with van der Waals surface area (Å²) >= 11 is 0. The number of unbranched alkanes of at least 4 members (excludes halogenated alkanes) is 2. The first-order valence-electron chi connectivity index (χ1n) is 10.2. The van der Waals surface area contributed by atoms with Gasteiger partial charge < -0.3 is 15.2 Å². The van der Waals surface area contributed by atoms with Gasteiger partial charge in [0.25, 0.3) is 0 Å². The zero-order valence-corrected chi connectivity index (χ0v) is 16.4. The fraction of sp³-hybridized carbons (Fsp3) is 0.727. The van der Waals surface area contributed by atoms with Crippen molar-refractivity contribution in [3.05, 3.63) is 23.3 Å². The summed E-state index contributed by atoms with van der Waals surface area (Å²) in [6, 6.07) is 4.19. The number of benzene rings is 1. The highest BCUT2D eigenvalue weighted by molar-refractivity contribution is 5.52. The normalized spacial score (nSPS) is 27.3. The number of nitrogens with one attached hydrogen (secondary N) is 1. The second-order valence-corrected chi connectivity index (χ2v) is 8.64. The van der Waals surface area contributed by atoms with Crippen molar-refractivity contribution in [1.29, 1.82) is 0 Å². The van der Waals surface area contributed by atoms with E-state index in [1.54, 1.807) is 0 Å². The summed E-state index contributed by atoms with van der Waals surface area (Å²) in [6.45, 7) is 7.75. The standard InChI is InChI=1S/C22H35NO2/c1-5-6-7-8-15-12-19(24)21-17-11-16(14-23-4)9-10-18(17)22(2,3)25-20(21)13-15/h12-13,16-18,23-24H,5-11,14H2,1-4H3/t16-,17?,18+/m0/s1. The van der Waals surface area contributed by atoms with Gasteiger partial charge in [0.15, 0.2) is 0 Å². The summed E-state index contributed by atoms with van der Waals surface area (Å²) in [6.07, 6.45) is 8.23. The van der Waals surface area contributed by atoms with E-state index < -0.39 is 0 Å². The lowest BCUT2D eigenvalue weighted by Gasteiger charge is -2.49. The first-order chi connectivity index (χ1) is 12.0. The molecule has 140 valence electrons. The van der Waals surface area contributed by atoms with Crippen molar-refractivity contribution in [2.75, 3.05) is 13.6 Å². The van der Waals surface area contributed by atoms with Gasteiger partial charge in [0.1, 0.15) is 17.1 Å². The van der Waals surface area contributed by atoms with Crippen LogP contribution < -0.4 is 10.1 Å². The summed E-state index contributed by atoms with van der Waals surface area (Å²) in [5, 5.41) is 14.2. The van der Waals surface area contributed by atoms with Gasteiger partial charge in [0, 0.05) is 11.5 Å². The predicted octanol–water partition coefficient (Wildman–Crippen LogP) is 5.02. The number of fused-ring (bicyclic) bond motifs is 3. The molecule has 1 aromatic rings. The Bertz CT molecular complexity index is 596. The van der Waals surface area contributed by atoms with Crippen molar-refractivity contribution in [2.45, 2.75) is 77.2 Å². The Morgan fingerprint density at radius 3 is 2.76 bits per heavy atom. The number of hydrogen-bond donors (Lipinski definition) is 2.